The van der Waals surface area contributed by atoms with Gasteiger partial charge in [0.1, 0.15) is 12.1 Å². The van der Waals surface area contributed by atoms with E-state index in [2.05, 4.69) is 15.5 Å². The molecule has 0 radical (unpaired) electrons. The van der Waals surface area contributed by atoms with E-state index in [4.69, 9.17) is 5.90 Å². The fourth-order valence-corrected chi connectivity index (χ4v) is 3.19. The van der Waals surface area contributed by atoms with E-state index in [0.717, 1.165) is 16.3 Å². The highest BCUT2D eigenvalue weighted by Gasteiger charge is 2.26. The first-order valence-electron chi connectivity index (χ1n) is 9.53. The normalized spacial score (nSPS) is 12.6. The number of hydrogen-bond acceptors (Lipinski definition) is 5. The number of carbonyl (C=O) groups excluding carboxylic acids is 3. The molecule has 30 heavy (non-hydrogen) atoms. The van der Waals surface area contributed by atoms with Crippen LogP contribution in [0.5, 0.6) is 0 Å². The van der Waals surface area contributed by atoms with Crippen LogP contribution in [0.3, 0.4) is 0 Å². The van der Waals surface area contributed by atoms with Gasteiger partial charge in [-0.1, -0.05) is 66.7 Å². The van der Waals surface area contributed by atoms with E-state index in [0.29, 0.717) is 5.56 Å². The van der Waals surface area contributed by atoms with Crippen LogP contribution in [0.4, 0.5) is 0 Å². The average molecular weight is 405 g/mol. The van der Waals surface area contributed by atoms with Crippen molar-refractivity contribution in [2.45, 2.75) is 25.4 Å². The first-order chi connectivity index (χ1) is 14.5. The van der Waals surface area contributed by atoms with Crippen molar-refractivity contribution < 1.29 is 19.2 Å². The van der Waals surface area contributed by atoms with Crippen LogP contribution in [-0.4, -0.2) is 29.9 Å². The van der Waals surface area contributed by atoms with E-state index in [9.17, 15) is 14.4 Å². The molecule has 0 saturated heterocycles. The molecular formula is C23H23N3O4. The van der Waals surface area contributed by atoms with E-state index >= 15 is 0 Å². The Hall–Kier alpha value is -3.71. The smallest absolute Gasteiger partial charge is 0.346 e. The predicted octanol–water partition coefficient (Wildman–Crippen LogP) is 2.10. The molecule has 2 amide bonds. The summed E-state index contributed by atoms with van der Waals surface area (Å²) >= 11 is 0. The second kappa shape index (κ2) is 9.67. The topological polar surface area (TPSA) is 111 Å². The van der Waals surface area contributed by atoms with Crippen molar-refractivity contribution in [3.63, 3.8) is 0 Å². The summed E-state index contributed by atoms with van der Waals surface area (Å²) in [6, 6.07) is 20.4. The molecule has 0 fully saturated rings. The van der Waals surface area contributed by atoms with Crippen molar-refractivity contribution in [2.75, 3.05) is 0 Å². The zero-order valence-electron chi connectivity index (χ0n) is 16.5. The van der Waals surface area contributed by atoms with Crippen LogP contribution < -0.4 is 16.5 Å². The van der Waals surface area contributed by atoms with Crippen LogP contribution in [0.2, 0.25) is 0 Å². The molecule has 0 aromatic heterocycles. The Morgan fingerprint density at radius 2 is 1.57 bits per heavy atom. The number of benzene rings is 3. The van der Waals surface area contributed by atoms with Crippen molar-refractivity contribution in [2.24, 2.45) is 5.90 Å². The number of fused-ring (bicyclic) bond motifs is 1. The summed E-state index contributed by atoms with van der Waals surface area (Å²) in [5.41, 5.74) is 1.33. The highest BCUT2D eigenvalue weighted by atomic mass is 16.7. The van der Waals surface area contributed by atoms with Gasteiger partial charge in [-0.3, -0.25) is 9.59 Å². The van der Waals surface area contributed by atoms with Crippen LogP contribution in [-0.2, 0) is 20.8 Å². The first-order valence-corrected chi connectivity index (χ1v) is 9.53. The van der Waals surface area contributed by atoms with E-state index < -0.39 is 24.0 Å². The fourth-order valence-electron chi connectivity index (χ4n) is 3.19. The Labute approximate surface area is 174 Å². The van der Waals surface area contributed by atoms with Crippen molar-refractivity contribution in [3.8, 4) is 0 Å². The van der Waals surface area contributed by atoms with Gasteiger partial charge in [-0.25, -0.2) is 4.79 Å². The van der Waals surface area contributed by atoms with Crippen molar-refractivity contribution >= 4 is 28.6 Å². The van der Waals surface area contributed by atoms with Crippen LogP contribution in [0.25, 0.3) is 10.8 Å². The minimum atomic E-state index is -0.949. The molecule has 7 nitrogen and oxygen atoms in total. The molecule has 0 unspecified atom stereocenters. The van der Waals surface area contributed by atoms with E-state index in [1.807, 2.05) is 60.7 Å². The molecule has 0 aliphatic heterocycles. The van der Waals surface area contributed by atoms with Gasteiger partial charge in [0.25, 0.3) is 5.91 Å². The van der Waals surface area contributed by atoms with E-state index in [-0.39, 0.29) is 12.3 Å². The minimum absolute atomic E-state index is 0.258. The van der Waals surface area contributed by atoms with Gasteiger partial charge in [-0.15, -0.1) is 0 Å². The Kier molecular flexibility index (Phi) is 6.77. The van der Waals surface area contributed by atoms with Crippen LogP contribution in [0.1, 0.15) is 22.8 Å². The molecule has 0 bridgehead atoms. The largest absolute Gasteiger partial charge is 0.372 e. The summed E-state index contributed by atoms with van der Waals surface area (Å²) < 4.78 is 0. The third kappa shape index (κ3) is 5.01. The van der Waals surface area contributed by atoms with Crippen LogP contribution in [0, 0.1) is 0 Å². The molecule has 3 aromatic rings. The van der Waals surface area contributed by atoms with Gasteiger partial charge in [0.2, 0.25) is 5.91 Å². The molecule has 4 N–H and O–H groups in total. The third-order valence-electron chi connectivity index (χ3n) is 4.77. The molecule has 154 valence electrons. The van der Waals surface area contributed by atoms with Gasteiger partial charge in [-0.2, -0.15) is 5.90 Å². The van der Waals surface area contributed by atoms with Crippen LogP contribution in [0.15, 0.2) is 72.8 Å². The lowest BCUT2D eigenvalue weighted by Crippen LogP contribution is -2.52. The van der Waals surface area contributed by atoms with Gasteiger partial charge in [-0.05, 0) is 29.3 Å². The standard InChI is InChI=1S/C23H23N3O4/c1-15(23(29)30-24)25-22(28)20(14-16-8-3-2-4-9-16)26-21(27)19-13-7-11-17-10-5-6-12-18(17)19/h2-13,15,20H,14,24H2,1H3,(H,25,28)(H,26,27)/t15-,20-/m0/s1. The number of hydrogen-bond donors (Lipinski definition) is 3. The second-order valence-electron chi connectivity index (χ2n) is 6.91. The van der Waals surface area contributed by atoms with E-state index in [1.165, 1.54) is 6.92 Å². The van der Waals surface area contributed by atoms with Crippen molar-refractivity contribution in [1.29, 1.82) is 0 Å². The number of nitrogens with one attached hydrogen (secondary N) is 2. The summed E-state index contributed by atoms with van der Waals surface area (Å²) in [6.45, 7) is 1.46. The Morgan fingerprint density at radius 3 is 2.30 bits per heavy atom. The van der Waals surface area contributed by atoms with Crippen LogP contribution >= 0.6 is 0 Å². The lowest BCUT2D eigenvalue weighted by molar-refractivity contribution is -0.148. The summed E-state index contributed by atoms with van der Waals surface area (Å²) in [7, 11) is 0. The Bertz CT molecular complexity index is 1050. The summed E-state index contributed by atoms with van der Waals surface area (Å²) in [6.07, 6.45) is 0.258. The van der Waals surface area contributed by atoms with Gasteiger partial charge in [0.15, 0.2) is 0 Å². The third-order valence-corrected chi connectivity index (χ3v) is 4.77. The van der Waals surface area contributed by atoms with Gasteiger partial charge in [0.05, 0.1) is 0 Å². The lowest BCUT2D eigenvalue weighted by Gasteiger charge is -2.21. The first kappa shape index (κ1) is 21.0. The molecule has 7 heteroatoms. The summed E-state index contributed by atoms with van der Waals surface area (Å²) in [5, 5.41) is 7.05. The predicted molar refractivity (Wildman–Crippen MR) is 113 cm³/mol. The monoisotopic (exact) mass is 405 g/mol. The molecule has 0 saturated carbocycles. The molecule has 0 spiro atoms. The quantitative estimate of drug-likeness (QED) is 0.522. The second-order valence-corrected chi connectivity index (χ2v) is 6.91. The van der Waals surface area contributed by atoms with Crippen molar-refractivity contribution in [3.05, 3.63) is 83.9 Å². The maximum Gasteiger partial charge on any atom is 0.346 e. The van der Waals surface area contributed by atoms with Gasteiger partial charge in [0, 0.05) is 12.0 Å². The minimum Gasteiger partial charge on any atom is -0.372 e. The maximum atomic E-state index is 13.0. The lowest BCUT2D eigenvalue weighted by atomic mass is 10.0. The zero-order valence-corrected chi connectivity index (χ0v) is 16.5. The highest BCUT2D eigenvalue weighted by molar-refractivity contribution is 6.08. The molecule has 0 aliphatic rings. The summed E-state index contributed by atoms with van der Waals surface area (Å²) in [4.78, 5) is 41.6. The molecule has 0 heterocycles. The van der Waals surface area contributed by atoms with Crippen molar-refractivity contribution in [1.82, 2.24) is 10.6 Å². The number of nitrogens with two attached hydrogens (primary N) is 1. The number of rotatable bonds is 7. The average Bonchev–Trinajstić information content (AvgIpc) is 2.78. The summed E-state index contributed by atoms with van der Waals surface area (Å²) in [5.74, 6) is 3.22. The molecule has 3 rings (SSSR count). The van der Waals surface area contributed by atoms with Gasteiger partial charge < -0.3 is 15.5 Å². The highest BCUT2D eigenvalue weighted by Crippen LogP contribution is 2.18. The molecule has 2 atom stereocenters. The SMILES string of the molecule is C[C@H](NC(=O)[C@H](Cc1ccccc1)NC(=O)c1cccc2ccccc12)C(=O)ON. The Morgan fingerprint density at radius 1 is 0.900 bits per heavy atom. The molecule has 0 aliphatic carbocycles. The molecular weight excluding hydrogens is 382 g/mol. The maximum absolute atomic E-state index is 13.0. The number of carbonyl (C=O) groups is 3. The Balaban J connectivity index is 1.84. The van der Waals surface area contributed by atoms with Gasteiger partial charge >= 0.3 is 5.97 Å². The zero-order chi connectivity index (χ0) is 21.5. The number of amides is 2. The fraction of sp³-hybridized carbons (Fsp3) is 0.174. The molecule has 3 aromatic carbocycles. The van der Waals surface area contributed by atoms with E-state index in [1.54, 1.807) is 12.1 Å².